The van der Waals surface area contributed by atoms with Gasteiger partial charge in [0.25, 0.3) is 0 Å². The monoisotopic (exact) mass is 174 g/mol. The molecular weight excluding hydrogens is 164 g/mol. The maximum absolute atomic E-state index is 7.22. The van der Waals surface area contributed by atoms with E-state index in [1.54, 1.807) is 4.52 Å². The predicted octanol–water partition coefficient (Wildman–Crippen LogP) is 0.473. The predicted molar refractivity (Wildman–Crippen MR) is 51.1 cm³/mol. The van der Waals surface area contributed by atoms with Gasteiger partial charge in [-0.05, 0) is 13.8 Å². The van der Waals surface area contributed by atoms with Crippen molar-refractivity contribution in [2.75, 3.05) is 0 Å². The molecule has 4 heteroatoms. The molecule has 0 aliphatic heterocycles. The summed E-state index contributed by atoms with van der Waals surface area (Å²) in [4.78, 5) is 4.29. The lowest BCUT2D eigenvalue weighted by Crippen LogP contribution is -1.98. The van der Waals surface area contributed by atoms with Crippen LogP contribution in [0.4, 0.5) is 0 Å². The van der Waals surface area contributed by atoms with Gasteiger partial charge in [0.05, 0.1) is 11.4 Å². The first kappa shape index (κ1) is 7.91. The molecule has 0 atom stereocenters. The smallest absolute Gasteiger partial charge is 0.163 e. The summed E-state index contributed by atoms with van der Waals surface area (Å²) in [6.07, 6.45) is 1.27. The third kappa shape index (κ3) is 0.884. The Morgan fingerprint density at radius 1 is 1.38 bits per heavy atom. The minimum absolute atomic E-state index is 0.730. The zero-order valence-corrected chi connectivity index (χ0v) is 7.63. The van der Waals surface area contributed by atoms with Crippen molar-refractivity contribution in [1.29, 1.82) is 5.41 Å². The Labute approximate surface area is 75.4 Å². The highest BCUT2D eigenvalue weighted by atomic mass is 15.3. The van der Waals surface area contributed by atoms with Crippen LogP contribution in [0, 0.1) is 19.3 Å². The van der Waals surface area contributed by atoms with Crippen LogP contribution in [-0.2, 0) is 0 Å². The zero-order valence-electron chi connectivity index (χ0n) is 7.63. The normalized spacial score (nSPS) is 10.9. The standard InChI is InChI=1S/C9H10N4/c1-5-6(2)12-13-8(4-10)7(3)11-9(5)13/h4,10H,1H2,2-3H3. The van der Waals surface area contributed by atoms with Crippen LogP contribution in [0.5, 0.6) is 0 Å². The van der Waals surface area contributed by atoms with Crippen LogP contribution >= 0.6 is 0 Å². The van der Waals surface area contributed by atoms with Gasteiger partial charge < -0.3 is 5.41 Å². The second-order valence-electron chi connectivity index (χ2n) is 3.03. The summed E-state index contributed by atoms with van der Waals surface area (Å²) in [7, 11) is 0. The van der Waals surface area contributed by atoms with Crippen LogP contribution in [0.1, 0.15) is 17.1 Å². The Morgan fingerprint density at radius 2 is 2.08 bits per heavy atom. The number of imidazole rings is 1. The molecule has 0 fully saturated rings. The molecule has 0 bridgehead atoms. The average Bonchev–Trinajstić information content (AvgIpc) is 2.52. The van der Waals surface area contributed by atoms with Crippen molar-refractivity contribution in [2.24, 2.45) is 0 Å². The second-order valence-corrected chi connectivity index (χ2v) is 3.03. The van der Waals surface area contributed by atoms with Crippen molar-refractivity contribution < 1.29 is 0 Å². The van der Waals surface area contributed by atoms with E-state index in [2.05, 4.69) is 16.7 Å². The zero-order chi connectivity index (χ0) is 9.59. The number of aryl methyl sites for hydroxylation is 2. The lowest BCUT2D eigenvalue weighted by molar-refractivity contribution is 0.932. The number of fused-ring (bicyclic) bond motifs is 1. The molecular formula is C9H10N4. The van der Waals surface area contributed by atoms with Gasteiger partial charge in [-0.15, -0.1) is 0 Å². The van der Waals surface area contributed by atoms with E-state index in [1.807, 2.05) is 13.8 Å². The first-order valence-corrected chi connectivity index (χ1v) is 4.00. The van der Waals surface area contributed by atoms with Gasteiger partial charge in [0.1, 0.15) is 5.69 Å². The van der Waals surface area contributed by atoms with Crippen molar-refractivity contribution in [3.63, 3.8) is 0 Å². The first-order chi connectivity index (χ1) is 6.15. The third-order valence-corrected chi connectivity index (χ3v) is 2.17. The summed E-state index contributed by atoms with van der Waals surface area (Å²) in [6, 6.07) is 0. The van der Waals surface area contributed by atoms with Crippen LogP contribution in [0.2, 0.25) is 0 Å². The van der Waals surface area contributed by atoms with Gasteiger partial charge in [0, 0.05) is 11.4 Å². The fraction of sp³-hybridized carbons (Fsp3) is 0.222. The topological polar surface area (TPSA) is 54.0 Å². The van der Waals surface area contributed by atoms with Gasteiger partial charge in [0.15, 0.2) is 5.65 Å². The van der Waals surface area contributed by atoms with E-state index in [0.717, 1.165) is 27.9 Å². The maximum Gasteiger partial charge on any atom is 0.163 e. The molecule has 0 unspecified atom stereocenters. The molecule has 1 N–H and O–H groups in total. The van der Waals surface area contributed by atoms with E-state index in [4.69, 9.17) is 5.41 Å². The molecule has 2 rings (SSSR count). The van der Waals surface area contributed by atoms with E-state index < -0.39 is 0 Å². The Hall–Kier alpha value is -1.71. The molecule has 0 spiro atoms. The number of aromatic nitrogens is 3. The number of rotatable bonds is 1. The molecule has 66 valence electrons. The minimum atomic E-state index is 0.730. The van der Waals surface area contributed by atoms with Gasteiger partial charge in [-0.1, -0.05) is 6.58 Å². The largest absolute Gasteiger partial charge is 0.306 e. The quantitative estimate of drug-likeness (QED) is 0.639. The molecule has 0 aliphatic carbocycles. The molecule has 0 aromatic carbocycles. The lowest BCUT2D eigenvalue weighted by Gasteiger charge is -1.87. The summed E-state index contributed by atoms with van der Waals surface area (Å²) in [6.45, 7) is 7.63. The van der Waals surface area contributed by atoms with Gasteiger partial charge in [-0.25, -0.2) is 9.50 Å². The highest BCUT2D eigenvalue weighted by Crippen LogP contribution is 2.05. The molecule has 0 saturated carbocycles. The summed E-state index contributed by atoms with van der Waals surface area (Å²) >= 11 is 0. The molecule has 2 aromatic heterocycles. The van der Waals surface area contributed by atoms with Crippen molar-refractivity contribution in [3.05, 3.63) is 22.3 Å². The Bertz CT molecular complexity index is 524. The van der Waals surface area contributed by atoms with Gasteiger partial charge in [0.2, 0.25) is 0 Å². The molecule has 4 nitrogen and oxygen atoms in total. The molecule has 0 aliphatic rings. The summed E-state index contributed by atoms with van der Waals surface area (Å²) in [5.74, 6) is 0. The molecule has 0 saturated heterocycles. The average molecular weight is 174 g/mol. The van der Waals surface area contributed by atoms with E-state index in [0.29, 0.717) is 0 Å². The van der Waals surface area contributed by atoms with Crippen molar-refractivity contribution in [3.8, 4) is 0 Å². The molecule has 2 aromatic rings. The van der Waals surface area contributed by atoms with Crippen molar-refractivity contribution in [2.45, 2.75) is 13.8 Å². The van der Waals surface area contributed by atoms with E-state index in [9.17, 15) is 0 Å². The Balaban J connectivity index is 3.00. The SMILES string of the molecule is C=c1c(C)nn2c(C=N)c(C)nc12. The third-order valence-electron chi connectivity index (χ3n) is 2.17. The van der Waals surface area contributed by atoms with Crippen LogP contribution in [0.15, 0.2) is 0 Å². The Morgan fingerprint density at radius 3 is 2.69 bits per heavy atom. The fourth-order valence-corrected chi connectivity index (χ4v) is 1.37. The van der Waals surface area contributed by atoms with Crippen LogP contribution in [-0.4, -0.2) is 20.8 Å². The molecule has 13 heavy (non-hydrogen) atoms. The number of hydrogen-bond acceptors (Lipinski definition) is 3. The number of nitrogens with zero attached hydrogens (tertiary/aromatic N) is 3. The van der Waals surface area contributed by atoms with Gasteiger partial charge in [-0.2, -0.15) is 5.10 Å². The minimum Gasteiger partial charge on any atom is -0.306 e. The summed E-state index contributed by atoms with van der Waals surface area (Å²) in [5.41, 5.74) is 3.18. The second kappa shape index (κ2) is 2.39. The number of hydrogen-bond donors (Lipinski definition) is 1. The lowest BCUT2D eigenvalue weighted by atomic mass is 10.4. The highest BCUT2D eigenvalue weighted by molar-refractivity contribution is 5.78. The van der Waals surface area contributed by atoms with Crippen molar-refractivity contribution in [1.82, 2.24) is 14.6 Å². The molecule has 0 radical (unpaired) electrons. The van der Waals surface area contributed by atoms with Crippen LogP contribution < -0.4 is 5.22 Å². The summed E-state index contributed by atoms with van der Waals surface area (Å²) in [5, 5.41) is 12.3. The summed E-state index contributed by atoms with van der Waals surface area (Å²) < 4.78 is 1.67. The van der Waals surface area contributed by atoms with E-state index in [-0.39, 0.29) is 0 Å². The fourth-order valence-electron chi connectivity index (χ4n) is 1.37. The Kier molecular flexibility index (Phi) is 1.45. The van der Waals surface area contributed by atoms with Crippen molar-refractivity contribution >= 4 is 18.4 Å². The maximum atomic E-state index is 7.22. The highest BCUT2D eigenvalue weighted by Gasteiger charge is 2.10. The van der Waals surface area contributed by atoms with E-state index >= 15 is 0 Å². The molecule has 2 heterocycles. The van der Waals surface area contributed by atoms with Crippen LogP contribution in [0.3, 0.4) is 0 Å². The van der Waals surface area contributed by atoms with E-state index in [1.165, 1.54) is 6.21 Å². The van der Waals surface area contributed by atoms with Gasteiger partial charge in [-0.3, -0.25) is 0 Å². The molecule has 0 amide bonds. The first-order valence-electron chi connectivity index (χ1n) is 4.00. The van der Waals surface area contributed by atoms with Crippen LogP contribution in [0.25, 0.3) is 12.2 Å². The van der Waals surface area contributed by atoms with Gasteiger partial charge >= 0.3 is 0 Å². The number of nitrogens with one attached hydrogen (secondary N) is 1.